The minimum absolute atomic E-state index is 0.0565. The van der Waals surface area contributed by atoms with Gasteiger partial charge in [-0.1, -0.05) is 12.1 Å². The second kappa shape index (κ2) is 6.84. The lowest BCUT2D eigenvalue weighted by Crippen LogP contribution is -2.38. The summed E-state index contributed by atoms with van der Waals surface area (Å²) in [5.41, 5.74) is 2.43. The number of amides is 1. The highest BCUT2D eigenvalue weighted by Crippen LogP contribution is 2.16. The van der Waals surface area contributed by atoms with Gasteiger partial charge in [-0.25, -0.2) is 13.4 Å². The van der Waals surface area contributed by atoms with Gasteiger partial charge in [-0.05, 0) is 29.8 Å². The number of fused-ring (bicyclic) bond motifs is 1. The highest BCUT2D eigenvalue weighted by Gasteiger charge is 2.24. The van der Waals surface area contributed by atoms with Crippen LogP contribution in [0.1, 0.15) is 5.56 Å². The van der Waals surface area contributed by atoms with Gasteiger partial charge in [0.15, 0.2) is 0 Å². The Balaban J connectivity index is 1.39. The van der Waals surface area contributed by atoms with E-state index in [1.165, 1.54) is 0 Å². The fourth-order valence-electron chi connectivity index (χ4n) is 2.82. The molecule has 0 saturated carbocycles. The summed E-state index contributed by atoms with van der Waals surface area (Å²) in [5, 5.41) is 2.87. The van der Waals surface area contributed by atoms with Gasteiger partial charge in [-0.15, -0.1) is 4.40 Å². The number of carbonyl (C=O) groups excluding carboxylic acids is 1. The molecule has 2 aliphatic heterocycles. The van der Waals surface area contributed by atoms with Crippen LogP contribution in [0.25, 0.3) is 5.69 Å². The molecule has 1 aromatic heterocycles. The predicted molar refractivity (Wildman–Crippen MR) is 101 cm³/mol. The molecular formula is C18H17N5O3S. The molecule has 0 radical (unpaired) electrons. The van der Waals surface area contributed by atoms with Crippen molar-refractivity contribution in [2.75, 3.05) is 12.3 Å². The van der Waals surface area contributed by atoms with Crippen molar-refractivity contribution in [3.63, 3.8) is 0 Å². The van der Waals surface area contributed by atoms with Gasteiger partial charge in [0.25, 0.3) is 15.9 Å². The molecule has 1 N–H and O–H groups in total. The number of carbonyl (C=O) groups is 1. The van der Waals surface area contributed by atoms with Crippen molar-refractivity contribution in [1.82, 2.24) is 19.8 Å². The zero-order valence-corrected chi connectivity index (χ0v) is 15.1. The van der Waals surface area contributed by atoms with Crippen molar-refractivity contribution >= 4 is 21.8 Å². The highest BCUT2D eigenvalue weighted by molar-refractivity contribution is 7.90. The number of hydrogen-bond donors (Lipinski definition) is 1. The lowest BCUT2D eigenvalue weighted by atomic mass is 10.1. The maximum absolute atomic E-state index is 12.4. The van der Waals surface area contributed by atoms with Crippen molar-refractivity contribution < 1.29 is 13.2 Å². The first-order chi connectivity index (χ1) is 13.0. The standard InChI is InChI=1S/C18H17N5O3S/c24-18(15-3-6-17-21-27(25,26)10-9-22(17)12-15)20-11-14-1-4-16(5-2-14)23-8-7-19-13-23/h1-8,12-13H,9-11H2,(H,20,24). The third-order valence-corrected chi connectivity index (χ3v) is 5.44. The monoisotopic (exact) mass is 383 g/mol. The van der Waals surface area contributed by atoms with E-state index in [1.807, 2.05) is 35.0 Å². The van der Waals surface area contributed by atoms with Gasteiger partial charge >= 0.3 is 0 Å². The molecule has 0 aliphatic carbocycles. The molecular weight excluding hydrogens is 366 g/mol. The summed E-state index contributed by atoms with van der Waals surface area (Å²) >= 11 is 0. The van der Waals surface area contributed by atoms with E-state index >= 15 is 0 Å². The van der Waals surface area contributed by atoms with Crippen LogP contribution in [0, 0.1) is 0 Å². The van der Waals surface area contributed by atoms with Gasteiger partial charge in [0.2, 0.25) is 0 Å². The van der Waals surface area contributed by atoms with Crippen LogP contribution in [0.4, 0.5) is 0 Å². The van der Waals surface area contributed by atoms with Crippen LogP contribution >= 0.6 is 0 Å². The summed E-state index contributed by atoms with van der Waals surface area (Å²) in [7, 11) is -3.40. The topological polar surface area (TPSA) is 96.7 Å². The number of benzene rings is 1. The van der Waals surface area contributed by atoms with Gasteiger partial charge < -0.3 is 14.8 Å². The molecule has 1 amide bonds. The van der Waals surface area contributed by atoms with E-state index < -0.39 is 10.0 Å². The van der Waals surface area contributed by atoms with Crippen LogP contribution in [-0.2, 0) is 21.4 Å². The molecule has 0 atom stereocenters. The molecule has 8 nitrogen and oxygen atoms in total. The van der Waals surface area contributed by atoms with Crippen LogP contribution < -0.4 is 5.32 Å². The number of imidazole rings is 1. The van der Waals surface area contributed by atoms with Crippen molar-refractivity contribution in [3.8, 4) is 5.69 Å². The van der Waals surface area contributed by atoms with Crippen LogP contribution in [0.5, 0.6) is 0 Å². The molecule has 27 heavy (non-hydrogen) atoms. The van der Waals surface area contributed by atoms with Gasteiger partial charge in [0, 0.05) is 37.4 Å². The SMILES string of the molecule is O=C(NCc1ccc(-n2ccnc2)cc1)C1=CN2CCS(=O)(=O)N=C2C=C1. The number of nitrogens with one attached hydrogen (secondary N) is 1. The van der Waals surface area contributed by atoms with Crippen molar-refractivity contribution in [3.05, 3.63) is 72.5 Å². The van der Waals surface area contributed by atoms with Crippen LogP contribution in [0.2, 0.25) is 0 Å². The van der Waals surface area contributed by atoms with E-state index in [2.05, 4.69) is 14.7 Å². The maximum Gasteiger partial charge on any atom is 0.256 e. The second-order valence-electron chi connectivity index (χ2n) is 6.17. The van der Waals surface area contributed by atoms with Crippen molar-refractivity contribution in [2.45, 2.75) is 6.54 Å². The molecule has 1 aromatic carbocycles. The minimum atomic E-state index is -3.40. The van der Waals surface area contributed by atoms with E-state index in [0.717, 1.165) is 11.3 Å². The van der Waals surface area contributed by atoms with Crippen LogP contribution in [0.3, 0.4) is 0 Å². The maximum atomic E-state index is 12.4. The van der Waals surface area contributed by atoms with Gasteiger partial charge in [-0.2, -0.15) is 0 Å². The molecule has 138 valence electrons. The Bertz CT molecular complexity index is 1050. The summed E-state index contributed by atoms with van der Waals surface area (Å²) in [4.78, 5) is 18.1. The third kappa shape index (κ3) is 3.82. The van der Waals surface area contributed by atoms with Gasteiger partial charge in [0.1, 0.15) is 5.84 Å². The predicted octanol–water partition coefficient (Wildman–Crippen LogP) is 0.986. The van der Waals surface area contributed by atoms with Crippen LogP contribution in [-0.4, -0.2) is 46.9 Å². The molecule has 0 saturated heterocycles. The van der Waals surface area contributed by atoms with E-state index in [-0.39, 0.29) is 18.2 Å². The first kappa shape index (κ1) is 17.2. The summed E-state index contributed by atoms with van der Waals surface area (Å²) in [5.74, 6) is 0.0595. The van der Waals surface area contributed by atoms with Gasteiger partial charge in [-0.3, -0.25) is 4.79 Å². The Morgan fingerprint density at radius 3 is 2.74 bits per heavy atom. The average Bonchev–Trinajstić information content (AvgIpc) is 3.20. The molecule has 0 bridgehead atoms. The second-order valence-corrected chi connectivity index (χ2v) is 7.92. The van der Waals surface area contributed by atoms with Crippen molar-refractivity contribution in [1.29, 1.82) is 0 Å². The number of aromatic nitrogens is 2. The molecule has 0 spiro atoms. The Labute approximate surface area is 156 Å². The summed E-state index contributed by atoms with van der Waals surface area (Å²) in [6.45, 7) is 0.682. The molecule has 2 aromatic rings. The molecule has 4 rings (SSSR count). The highest BCUT2D eigenvalue weighted by atomic mass is 32.2. The van der Waals surface area contributed by atoms with E-state index in [4.69, 9.17) is 0 Å². The Hall–Kier alpha value is -3.20. The molecule has 2 aliphatic rings. The fraction of sp³-hybridized carbons (Fsp3) is 0.167. The normalized spacial score (nSPS) is 17.7. The first-order valence-electron chi connectivity index (χ1n) is 8.35. The van der Waals surface area contributed by atoms with Gasteiger partial charge in [0.05, 0.1) is 17.7 Å². The average molecular weight is 383 g/mol. The zero-order chi connectivity index (χ0) is 18.9. The largest absolute Gasteiger partial charge is 0.348 e. The molecule has 0 fully saturated rings. The number of amidine groups is 1. The van der Waals surface area contributed by atoms with E-state index in [1.54, 1.807) is 35.8 Å². The lowest BCUT2D eigenvalue weighted by Gasteiger charge is -2.26. The molecule has 3 heterocycles. The van der Waals surface area contributed by atoms with Crippen LogP contribution in [0.15, 0.2) is 71.3 Å². The van der Waals surface area contributed by atoms with E-state index in [9.17, 15) is 13.2 Å². The summed E-state index contributed by atoms with van der Waals surface area (Å²) in [6.07, 6.45) is 10.1. The quantitative estimate of drug-likeness (QED) is 0.849. The lowest BCUT2D eigenvalue weighted by molar-refractivity contribution is -0.117. The Kier molecular flexibility index (Phi) is 4.36. The van der Waals surface area contributed by atoms with E-state index in [0.29, 0.717) is 18.0 Å². The minimum Gasteiger partial charge on any atom is -0.348 e. The number of sulfonamides is 1. The van der Waals surface area contributed by atoms with Crippen molar-refractivity contribution in [2.24, 2.45) is 4.40 Å². The summed E-state index contributed by atoms with van der Waals surface area (Å²) in [6, 6.07) is 7.81. The zero-order valence-electron chi connectivity index (χ0n) is 14.3. The fourth-order valence-corrected chi connectivity index (χ4v) is 3.79. The number of rotatable bonds is 4. The molecule has 9 heteroatoms. The third-order valence-electron chi connectivity index (χ3n) is 4.28. The molecule has 0 unspecified atom stereocenters. The Morgan fingerprint density at radius 2 is 2.00 bits per heavy atom. The number of hydrogen-bond acceptors (Lipinski definition) is 5. The smallest absolute Gasteiger partial charge is 0.256 e. The Morgan fingerprint density at radius 1 is 1.19 bits per heavy atom. The first-order valence-corrected chi connectivity index (χ1v) is 9.96. The summed E-state index contributed by atoms with van der Waals surface area (Å²) < 4.78 is 28.7. The number of nitrogens with zero attached hydrogens (tertiary/aromatic N) is 4.